The molecule has 10 heteroatoms. The van der Waals surface area contributed by atoms with Crippen molar-refractivity contribution in [1.82, 2.24) is 10.2 Å². The third-order valence-corrected chi connectivity index (χ3v) is 8.29. The van der Waals surface area contributed by atoms with Crippen molar-refractivity contribution in [2.75, 3.05) is 37.6 Å². The quantitative estimate of drug-likeness (QED) is 0.0743. The van der Waals surface area contributed by atoms with E-state index in [4.69, 9.17) is 4.74 Å². The zero-order valence-corrected chi connectivity index (χ0v) is 25.8. The lowest BCUT2D eigenvalue weighted by Gasteiger charge is -2.36. The van der Waals surface area contributed by atoms with Gasteiger partial charge in [0.25, 0.3) is 0 Å². The van der Waals surface area contributed by atoms with Crippen LogP contribution in [0.4, 0.5) is 16.2 Å². The standard InChI is InChI=1S/C35H44N4O6/c40-24-8-21-37(35(41)42)22-18-28-11-7-14-32(25-28)38(31-12-5-2-6-13-31)23-20-36-19-17-29-15-16-34(33(26-29)39(43)44)45-27-30-9-3-1-4-10-30/h1,3-4,7,9-11,14-16,24-26,31,36H,2,5-6,8,12-13,17-23,27H2,(H,41,42). The van der Waals surface area contributed by atoms with Crippen LogP contribution in [-0.2, 0) is 24.2 Å². The van der Waals surface area contributed by atoms with Gasteiger partial charge in [-0.05, 0) is 67.1 Å². The first kappa shape index (κ1) is 33.5. The summed E-state index contributed by atoms with van der Waals surface area (Å²) in [5.41, 5.74) is 4.00. The maximum absolute atomic E-state index is 11.8. The molecule has 0 heterocycles. The number of rotatable bonds is 18. The number of hydrogen-bond donors (Lipinski definition) is 2. The van der Waals surface area contributed by atoms with E-state index in [2.05, 4.69) is 22.3 Å². The first-order chi connectivity index (χ1) is 21.9. The van der Waals surface area contributed by atoms with Crippen LogP contribution in [0.25, 0.3) is 0 Å². The molecule has 0 saturated heterocycles. The molecule has 10 nitrogen and oxygen atoms in total. The van der Waals surface area contributed by atoms with Crippen molar-refractivity contribution in [2.24, 2.45) is 0 Å². The summed E-state index contributed by atoms with van der Waals surface area (Å²) in [6, 6.07) is 23.6. The minimum absolute atomic E-state index is 0.0259. The first-order valence-electron chi connectivity index (χ1n) is 15.9. The van der Waals surface area contributed by atoms with E-state index in [1.165, 1.54) is 24.2 Å². The van der Waals surface area contributed by atoms with Gasteiger partial charge in [0.2, 0.25) is 0 Å². The number of nitro groups is 1. The van der Waals surface area contributed by atoms with Crippen LogP contribution >= 0.6 is 0 Å². The van der Waals surface area contributed by atoms with E-state index in [1.54, 1.807) is 12.1 Å². The van der Waals surface area contributed by atoms with Crippen molar-refractivity contribution >= 4 is 23.8 Å². The van der Waals surface area contributed by atoms with E-state index in [-0.39, 0.29) is 31.0 Å². The summed E-state index contributed by atoms with van der Waals surface area (Å²) in [4.78, 5) is 37.4. The number of anilines is 1. The molecular formula is C35H44N4O6. The Morgan fingerprint density at radius 2 is 1.67 bits per heavy atom. The number of nitrogens with one attached hydrogen (secondary N) is 1. The molecule has 0 atom stereocenters. The second-order valence-corrected chi connectivity index (χ2v) is 11.5. The van der Waals surface area contributed by atoms with Crippen molar-refractivity contribution < 1.29 is 24.4 Å². The Balaban J connectivity index is 1.32. The van der Waals surface area contributed by atoms with E-state index in [0.717, 1.165) is 54.6 Å². The van der Waals surface area contributed by atoms with Crippen molar-refractivity contribution in [3.63, 3.8) is 0 Å². The average Bonchev–Trinajstić information content (AvgIpc) is 3.06. The number of nitro benzene ring substituents is 1. The average molecular weight is 617 g/mol. The zero-order valence-electron chi connectivity index (χ0n) is 25.8. The van der Waals surface area contributed by atoms with E-state index in [1.807, 2.05) is 48.5 Å². The first-order valence-corrected chi connectivity index (χ1v) is 15.9. The van der Waals surface area contributed by atoms with Crippen molar-refractivity contribution in [1.29, 1.82) is 0 Å². The van der Waals surface area contributed by atoms with Crippen LogP contribution < -0.4 is 15.0 Å². The molecule has 0 bridgehead atoms. The molecule has 1 aliphatic rings. The number of carbonyl (C=O) groups is 2. The summed E-state index contributed by atoms with van der Waals surface area (Å²) >= 11 is 0. The molecule has 0 aromatic heterocycles. The fourth-order valence-electron chi connectivity index (χ4n) is 5.86. The fourth-order valence-corrected chi connectivity index (χ4v) is 5.86. The number of benzene rings is 3. The molecule has 3 aromatic rings. The number of aldehydes is 1. The smallest absolute Gasteiger partial charge is 0.407 e. The lowest BCUT2D eigenvalue weighted by molar-refractivity contribution is -0.386. The highest BCUT2D eigenvalue weighted by Gasteiger charge is 2.22. The highest BCUT2D eigenvalue weighted by molar-refractivity contribution is 5.65. The van der Waals surface area contributed by atoms with Crippen molar-refractivity contribution in [3.05, 3.63) is 99.6 Å². The predicted octanol–water partition coefficient (Wildman–Crippen LogP) is 6.26. The van der Waals surface area contributed by atoms with Gasteiger partial charge in [-0.3, -0.25) is 10.1 Å². The van der Waals surface area contributed by atoms with Crippen LogP contribution in [0.3, 0.4) is 0 Å². The largest absolute Gasteiger partial charge is 0.482 e. The van der Waals surface area contributed by atoms with Gasteiger partial charge >= 0.3 is 11.8 Å². The minimum Gasteiger partial charge on any atom is -0.482 e. The molecule has 1 fully saturated rings. The second kappa shape index (κ2) is 17.8. The molecule has 45 heavy (non-hydrogen) atoms. The molecule has 0 radical (unpaired) electrons. The van der Waals surface area contributed by atoms with Gasteiger partial charge in [-0.15, -0.1) is 0 Å². The van der Waals surface area contributed by atoms with Gasteiger partial charge < -0.3 is 29.8 Å². The summed E-state index contributed by atoms with van der Waals surface area (Å²) < 4.78 is 5.77. The molecule has 0 unspecified atom stereocenters. The number of carbonyl (C=O) groups excluding carboxylic acids is 1. The summed E-state index contributed by atoms with van der Waals surface area (Å²) in [5, 5.41) is 24.8. The Kier molecular flexibility index (Phi) is 13.2. The monoisotopic (exact) mass is 616 g/mol. The Morgan fingerprint density at radius 3 is 2.40 bits per heavy atom. The number of amides is 1. The summed E-state index contributed by atoms with van der Waals surface area (Å²) in [5.74, 6) is 0.266. The second-order valence-electron chi connectivity index (χ2n) is 11.5. The van der Waals surface area contributed by atoms with E-state index in [0.29, 0.717) is 32.0 Å². The third kappa shape index (κ3) is 10.6. The number of nitrogens with zero attached hydrogens (tertiary/aromatic N) is 3. The summed E-state index contributed by atoms with van der Waals surface area (Å²) in [7, 11) is 0. The normalized spacial score (nSPS) is 13.2. The van der Waals surface area contributed by atoms with Gasteiger partial charge in [0.15, 0.2) is 5.75 Å². The number of ether oxygens (including phenoxy) is 1. The summed E-state index contributed by atoms with van der Waals surface area (Å²) in [6.07, 6.45) is 7.14. The molecule has 240 valence electrons. The Morgan fingerprint density at radius 1 is 0.911 bits per heavy atom. The zero-order chi connectivity index (χ0) is 31.9. The van der Waals surface area contributed by atoms with Crippen molar-refractivity contribution in [3.8, 4) is 5.75 Å². The topological polar surface area (TPSA) is 125 Å². The van der Waals surface area contributed by atoms with Gasteiger partial charge in [0, 0.05) is 50.4 Å². The van der Waals surface area contributed by atoms with E-state index < -0.39 is 11.0 Å². The van der Waals surface area contributed by atoms with Crippen LogP contribution in [0.5, 0.6) is 5.75 Å². The molecule has 1 aliphatic carbocycles. The Bertz CT molecular complexity index is 1380. The van der Waals surface area contributed by atoms with Crippen LogP contribution in [0.15, 0.2) is 72.8 Å². The Hall–Kier alpha value is -4.44. The van der Waals surface area contributed by atoms with Gasteiger partial charge in [0.05, 0.1) is 4.92 Å². The highest BCUT2D eigenvalue weighted by Crippen LogP contribution is 2.30. The lowest BCUT2D eigenvalue weighted by atomic mass is 9.93. The maximum Gasteiger partial charge on any atom is 0.407 e. The van der Waals surface area contributed by atoms with Crippen LogP contribution in [0, 0.1) is 10.1 Å². The van der Waals surface area contributed by atoms with E-state index in [9.17, 15) is 24.8 Å². The minimum atomic E-state index is -1.01. The molecule has 3 aromatic carbocycles. The van der Waals surface area contributed by atoms with Crippen LogP contribution in [-0.4, -0.2) is 66.1 Å². The molecule has 0 aliphatic heterocycles. The van der Waals surface area contributed by atoms with Gasteiger partial charge in [-0.2, -0.15) is 0 Å². The fraction of sp³-hybridized carbons (Fsp3) is 0.429. The van der Waals surface area contributed by atoms with Gasteiger partial charge in [-0.25, -0.2) is 4.79 Å². The SMILES string of the molecule is O=CCCN(CCc1cccc(N(CCNCCc2ccc(OCc3ccccc3)c([N+](=O)[O-])c2)C2CCCCC2)c1)C(=O)O. The van der Waals surface area contributed by atoms with Crippen LogP contribution in [0.2, 0.25) is 0 Å². The van der Waals surface area contributed by atoms with Gasteiger partial charge in [0.1, 0.15) is 12.9 Å². The van der Waals surface area contributed by atoms with E-state index >= 15 is 0 Å². The maximum atomic E-state index is 11.8. The molecule has 1 saturated carbocycles. The predicted molar refractivity (Wildman–Crippen MR) is 175 cm³/mol. The molecular weight excluding hydrogens is 572 g/mol. The third-order valence-electron chi connectivity index (χ3n) is 8.29. The number of carboxylic acid groups (broad SMARTS) is 1. The molecule has 2 N–H and O–H groups in total. The lowest BCUT2D eigenvalue weighted by Crippen LogP contribution is -2.41. The molecule has 1 amide bonds. The number of hydrogen-bond acceptors (Lipinski definition) is 7. The Labute approximate surface area is 265 Å². The molecule has 4 rings (SSSR count). The van der Waals surface area contributed by atoms with Crippen LogP contribution in [0.1, 0.15) is 55.2 Å². The van der Waals surface area contributed by atoms with Gasteiger partial charge in [-0.1, -0.05) is 67.8 Å². The molecule has 0 spiro atoms. The summed E-state index contributed by atoms with van der Waals surface area (Å²) in [6.45, 7) is 3.09. The van der Waals surface area contributed by atoms with Crippen molar-refractivity contribution in [2.45, 2.75) is 64.0 Å². The highest BCUT2D eigenvalue weighted by atomic mass is 16.6.